The minimum Gasteiger partial charge on any atom is -0.389 e. The molecule has 0 spiro atoms. The SMILES string of the molecule is NC(=S)c1cccc(C(=O)N2CCCS(=O)(=O)CC2)c1. The van der Waals surface area contributed by atoms with Gasteiger partial charge in [-0.3, -0.25) is 4.79 Å². The molecule has 1 aromatic rings. The van der Waals surface area contributed by atoms with Crippen molar-refractivity contribution >= 4 is 33.0 Å². The molecule has 0 unspecified atom stereocenters. The number of benzene rings is 1. The van der Waals surface area contributed by atoms with Crippen LogP contribution >= 0.6 is 12.2 Å². The molecule has 0 saturated carbocycles. The first-order valence-corrected chi connectivity index (χ1v) is 8.51. The van der Waals surface area contributed by atoms with Gasteiger partial charge in [0.1, 0.15) is 4.99 Å². The standard InChI is InChI=1S/C13H16N2O3S2/c14-12(19)10-3-1-4-11(9-10)13(16)15-5-2-7-20(17,18)8-6-15/h1,3-4,9H,2,5-8H2,(H2,14,19). The van der Waals surface area contributed by atoms with Crippen molar-refractivity contribution in [3.05, 3.63) is 35.4 Å². The molecule has 20 heavy (non-hydrogen) atoms. The third kappa shape index (κ3) is 3.55. The van der Waals surface area contributed by atoms with E-state index in [-0.39, 0.29) is 28.9 Å². The van der Waals surface area contributed by atoms with E-state index < -0.39 is 9.84 Å². The van der Waals surface area contributed by atoms with Crippen LogP contribution in [0.4, 0.5) is 0 Å². The average molecular weight is 312 g/mol. The zero-order valence-corrected chi connectivity index (χ0v) is 12.5. The summed E-state index contributed by atoms with van der Waals surface area (Å²) in [5, 5.41) is 0. The first kappa shape index (κ1) is 14.9. The molecule has 1 heterocycles. The van der Waals surface area contributed by atoms with E-state index in [2.05, 4.69) is 0 Å². The van der Waals surface area contributed by atoms with Crippen molar-refractivity contribution < 1.29 is 13.2 Å². The Balaban J connectivity index is 2.19. The van der Waals surface area contributed by atoms with E-state index in [9.17, 15) is 13.2 Å². The third-order valence-corrected chi connectivity index (χ3v) is 5.19. The highest BCUT2D eigenvalue weighted by molar-refractivity contribution is 7.91. The number of carbonyl (C=O) groups is 1. The molecule has 2 rings (SSSR count). The summed E-state index contributed by atoms with van der Waals surface area (Å²) in [6.07, 6.45) is 0.475. The number of sulfone groups is 1. The van der Waals surface area contributed by atoms with Crippen LogP contribution in [-0.4, -0.2) is 48.8 Å². The van der Waals surface area contributed by atoms with Crippen LogP contribution in [0.5, 0.6) is 0 Å². The van der Waals surface area contributed by atoms with Crippen molar-refractivity contribution in [3.8, 4) is 0 Å². The van der Waals surface area contributed by atoms with Gasteiger partial charge in [0.15, 0.2) is 9.84 Å². The van der Waals surface area contributed by atoms with Crippen LogP contribution in [0.2, 0.25) is 0 Å². The lowest BCUT2D eigenvalue weighted by Gasteiger charge is -2.20. The van der Waals surface area contributed by atoms with Gasteiger partial charge in [-0.2, -0.15) is 0 Å². The Morgan fingerprint density at radius 1 is 1.20 bits per heavy atom. The second-order valence-electron chi connectivity index (χ2n) is 4.74. The quantitative estimate of drug-likeness (QED) is 0.808. The molecule has 1 saturated heterocycles. The van der Waals surface area contributed by atoms with Gasteiger partial charge in [0.25, 0.3) is 5.91 Å². The van der Waals surface area contributed by atoms with Gasteiger partial charge in [-0.1, -0.05) is 24.4 Å². The maximum Gasteiger partial charge on any atom is 0.253 e. The number of nitrogens with zero attached hydrogens (tertiary/aromatic N) is 1. The Labute approximate surface area is 123 Å². The zero-order valence-electron chi connectivity index (χ0n) is 10.9. The molecule has 108 valence electrons. The minimum absolute atomic E-state index is 0.0216. The Hall–Kier alpha value is -1.47. The van der Waals surface area contributed by atoms with Crippen molar-refractivity contribution in [2.45, 2.75) is 6.42 Å². The van der Waals surface area contributed by atoms with Crippen LogP contribution < -0.4 is 5.73 Å². The molecule has 5 nitrogen and oxygen atoms in total. The van der Waals surface area contributed by atoms with Crippen molar-refractivity contribution in [3.63, 3.8) is 0 Å². The highest BCUT2D eigenvalue weighted by Crippen LogP contribution is 2.12. The summed E-state index contributed by atoms with van der Waals surface area (Å²) >= 11 is 4.89. The molecule has 0 aliphatic carbocycles. The smallest absolute Gasteiger partial charge is 0.253 e. The summed E-state index contributed by atoms with van der Waals surface area (Å²) in [5.74, 6) is -0.0162. The summed E-state index contributed by atoms with van der Waals surface area (Å²) in [6.45, 7) is 0.688. The van der Waals surface area contributed by atoms with Crippen LogP contribution in [0.1, 0.15) is 22.3 Å². The fourth-order valence-electron chi connectivity index (χ4n) is 2.13. The second kappa shape index (κ2) is 5.88. The first-order valence-electron chi connectivity index (χ1n) is 6.29. The van der Waals surface area contributed by atoms with E-state index in [4.69, 9.17) is 18.0 Å². The monoisotopic (exact) mass is 312 g/mol. The van der Waals surface area contributed by atoms with Gasteiger partial charge in [0, 0.05) is 24.2 Å². The molecule has 1 aromatic carbocycles. The van der Waals surface area contributed by atoms with Crippen molar-refractivity contribution in [1.29, 1.82) is 0 Å². The molecule has 7 heteroatoms. The van der Waals surface area contributed by atoms with Gasteiger partial charge < -0.3 is 10.6 Å². The van der Waals surface area contributed by atoms with Crippen molar-refractivity contribution in [2.75, 3.05) is 24.6 Å². The fourth-order valence-corrected chi connectivity index (χ4v) is 3.53. The fraction of sp³-hybridized carbons (Fsp3) is 0.385. The van der Waals surface area contributed by atoms with E-state index in [1.165, 1.54) is 0 Å². The molecular formula is C13H16N2O3S2. The maximum absolute atomic E-state index is 12.4. The van der Waals surface area contributed by atoms with E-state index in [0.29, 0.717) is 24.1 Å². The van der Waals surface area contributed by atoms with E-state index >= 15 is 0 Å². The molecule has 1 aliphatic heterocycles. The average Bonchev–Trinajstić information content (AvgIpc) is 2.59. The number of amides is 1. The van der Waals surface area contributed by atoms with Crippen LogP contribution in [-0.2, 0) is 9.84 Å². The molecule has 0 aromatic heterocycles. The highest BCUT2D eigenvalue weighted by Gasteiger charge is 2.23. The molecule has 0 atom stereocenters. The first-order chi connectivity index (χ1) is 9.39. The number of hydrogen-bond acceptors (Lipinski definition) is 4. The summed E-state index contributed by atoms with van der Waals surface area (Å²) in [5.41, 5.74) is 6.66. The zero-order chi connectivity index (χ0) is 14.8. The van der Waals surface area contributed by atoms with Gasteiger partial charge in [0.05, 0.1) is 11.5 Å². The lowest BCUT2D eigenvalue weighted by molar-refractivity contribution is 0.0768. The number of hydrogen-bond donors (Lipinski definition) is 1. The van der Waals surface area contributed by atoms with E-state index in [1.54, 1.807) is 29.2 Å². The Bertz CT molecular complexity index is 641. The van der Waals surface area contributed by atoms with Crippen molar-refractivity contribution in [2.24, 2.45) is 5.73 Å². The summed E-state index contributed by atoms with van der Waals surface area (Å²) in [7, 11) is -3.02. The molecule has 1 aliphatic rings. The lowest BCUT2D eigenvalue weighted by Crippen LogP contribution is -2.33. The summed E-state index contributed by atoms with van der Waals surface area (Å²) < 4.78 is 23.1. The number of thiocarbonyl (C=S) groups is 1. The van der Waals surface area contributed by atoms with Gasteiger partial charge in [-0.15, -0.1) is 0 Å². The number of rotatable bonds is 2. The predicted octanol–water partition coefficient (Wildman–Crippen LogP) is 0.581. The normalized spacial score (nSPS) is 18.3. The molecular weight excluding hydrogens is 296 g/mol. The van der Waals surface area contributed by atoms with Crippen LogP contribution in [0.25, 0.3) is 0 Å². The van der Waals surface area contributed by atoms with Gasteiger partial charge in [-0.25, -0.2) is 8.42 Å². The lowest BCUT2D eigenvalue weighted by atomic mass is 10.1. The third-order valence-electron chi connectivity index (χ3n) is 3.24. The van der Waals surface area contributed by atoms with E-state index in [0.717, 1.165) is 0 Å². The summed E-state index contributed by atoms with van der Waals surface area (Å²) in [4.78, 5) is 14.2. The highest BCUT2D eigenvalue weighted by atomic mass is 32.2. The maximum atomic E-state index is 12.4. The van der Waals surface area contributed by atoms with Gasteiger partial charge >= 0.3 is 0 Å². The van der Waals surface area contributed by atoms with Gasteiger partial charge in [0.2, 0.25) is 0 Å². The Morgan fingerprint density at radius 2 is 1.90 bits per heavy atom. The van der Waals surface area contributed by atoms with Crippen LogP contribution in [0, 0.1) is 0 Å². The minimum atomic E-state index is -3.02. The number of carbonyl (C=O) groups excluding carboxylic acids is 1. The topological polar surface area (TPSA) is 80.5 Å². The molecule has 1 fully saturated rings. The largest absolute Gasteiger partial charge is 0.389 e. The predicted molar refractivity (Wildman–Crippen MR) is 81.5 cm³/mol. The Kier molecular flexibility index (Phi) is 4.39. The molecule has 0 radical (unpaired) electrons. The summed E-state index contributed by atoms with van der Waals surface area (Å²) in [6, 6.07) is 6.79. The van der Waals surface area contributed by atoms with Crippen molar-refractivity contribution in [1.82, 2.24) is 4.90 Å². The molecule has 0 bridgehead atoms. The second-order valence-corrected chi connectivity index (χ2v) is 7.49. The van der Waals surface area contributed by atoms with Gasteiger partial charge in [-0.05, 0) is 18.6 Å². The molecule has 2 N–H and O–H groups in total. The van der Waals surface area contributed by atoms with Crippen LogP contribution in [0.15, 0.2) is 24.3 Å². The Morgan fingerprint density at radius 3 is 2.60 bits per heavy atom. The molecule has 1 amide bonds. The van der Waals surface area contributed by atoms with Crippen LogP contribution in [0.3, 0.4) is 0 Å². The van der Waals surface area contributed by atoms with E-state index in [1.807, 2.05) is 0 Å². The number of nitrogens with two attached hydrogens (primary N) is 1.